The van der Waals surface area contributed by atoms with Crippen molar-refractivity contribution < 1.29 is 9.63 Å². The number of nitriles is 1. The zero-order valence-corrected chi connectivity index (χ0v) is 25.8. The van der Waals surface area contributed by atoms with E-state index in [1.807, 2.05) is 30.3 Å². The smallest absolute Gasteiger partial charge is 0.293 e. The van der Waals surface area contributed by atoms with Gasteiger partial charge in [0, 0.05) is 61.4 Å². The van der Waals surface area contributed by atoms with Crippen LogP contribution in [0.15, 0.2) is 79.0 Å². The Bertz CT molecular complexity index is 1930. The highest BCUT2D eigenvalue weighted by Crippen LogP contribution is 2.49. The third-order valence-electron chi connectivity index (χ3n) is 8.89. The van der Waals surface area contributed by atoms with E-state index in [1.54, 1.807) is 12.3 Å². The van der Waals surface area contributed by atoms with Gasteiger partial charge in [-0.15, -0.1) is 0 Å². The fraction of sp³-hybridized carbons (Fsp3) is 0.278. The highest BCUT2D eigenvalue weighted by molar-refractivity contribution is 5.98. The van der Waals surface area contributed by atoms with Crippen LogP contribution in [0.2, 0.25) is 0 Å². The summed E-state index contributed by atoms with van der Waals surface area (Å²) in [5, 5.41) is 10.1. The quantitative estimate of drug-likeness (QED) is 0.232. The number of hydrogen-bond donors (Lipinski definition) is 1. The molecule has 1 saturated heterocycles. The lowest BCUT2D eigenvalue weighted by molar-refractivity contribution is 0.0532. The number of nitrogens with zero attached hydrogens (tertiary/aromatic N) is 7. The summed E-state index contributed by atoms with van der Waals surface area (Å²) in [6, 6.07) is 26.8. The maximum atomic E-state index is 12.8. The summed E-state index contributed by atoms with van der Waals surface area (Å²) in [5.41, 5.74) is 9.58. The van der Waals surface area contributed by atoms with Crippen molar-refractivity contribution in [2.75, 3.05) is 38.2 Å². The number of rotatable bonds is 8. The number of amides is 1. The van der Waals surface area contributed by atoms with E-state index >= 15 is 0 Å². The summed E-state index contributed by atoms with van der Waals surface area (Å²) < 4.78 is 0. The third-order valence-corrected chi connectivity index (χ3v) is 8.89. The molecule has 230 valence electrons. The van der Waals surface area contributed by atoms with Gasteiger partial charge < -0.3 is 4.90 Å². The van der Waals surface area contributed by atoms with Crippen molar-refractivity contribution in [3.05, 3.63) is 102 Å². The number of aromatic nitrogens is 4. The maximum absolute atomic E-state index is 12.8. The van der Waals surface area contributed by atoms with Crippen LogP contribution in [0.1, 0.15) is 46.8 Å². The number of hydroxylamine groups is 1. The second-order valence-electron chi connectivity index (χ2n) is 12.0. The van der Waals surface area contributed by atoms with E-state index in [1.165, 1.54) is 12.7 Å². The first kappa shape index (κ1) is 29.5. The molecule has 0 radical (unpaired) electrons. The Morgan fingerprint density at radius 2 is 1.74 bits per heavy atom. The summed E-state index contributed by atoms with van der Waals surface area (Å²) in [4.78, 5) is 40.7. The monoisotopic (exact) mass is 610 g/mol. The van der Waals surface area contributed by atoms with Crippen molar-refractivity contribution in [3.63, 3.8) is 0 Å². The van der Waals surface area contributed by atoms with Gasteiger partial charge in [0.15, 0.2) is 0 Å². The molecule has 1 saturated carbocycles. The predicted octanol–water partition coefficient (Wildman–Crippen LogP) is 5.36. The average molecular weight is 611 g/mol. The van der Waals surface area contributed by atoms with Gasteiger partial charge in [-0.2, -0.15) is 5.26 Å². The van der Waals surface area contributed by atoms with E-state index in [0.717, 1.165) is 83.9 Å². The largest absolute Gasteiger partial charge is 0.354 e. The molecular formula is C36H34N8O2. The molecule has 2 aliphatic rings. The first-order chi connectivity index (χ1) is 22.5. The van der Waals surface area contributed by atoms with Crippen LogP contribution in [-0.2, 0) is 11.4 Å². The van der Waals surface area contributed by atoms with Crippen molar-refractivity contribution >= 4 is 22.6 Å². The van der Waals surface area contributed by atoms with Gasteiger partial charge in [-0.3, -0.25) is 14.5 Å². The van der Waals surface area contributed by atoms with E-state index in [-0.39, 0.29) is 11.7 Å². The number of carbonyl (C=O) groups is 1. The van der Waals surface area contributed by atoms with Crippen molar-refractivity contribution in [3.8, 4) is 28.5 Å². The summed E-state index contributed by atoms with van der Waals surface area (Å²) in [7, 11) is 1.42. The Hall–Kier alpha value is -5.24. The Morgan fingerprint density at radius 3 is 2.43 bits per heavy atom. The molecule has 1 aliphatic heterocycles. The normalized spacial score (nSPS) is 17.9. The van der Waals surface area contributed by atoms with Gasteiger partial charge in [-0.25, -0.2) is 25.4 Å². The average Bonchev–Trinajstić information content (AvgIpc) is 3.84. The van der Waals surface area contributed by atoms with E-state index in [9.17, 15) is 4.79 Å². The Morgan fingerprint density at radius 1 is 0.978 bits per heavy atom. The number of pyridine rings is 2. The molecular weight excluding hydrogens is 576 g/mol. The van der Waals surface area contributed by atoms with Crippen LogP contribution in [0.4, 0.5) is 5.82 Å². The minimum atomic E-state index is -0.386. The molecule has 1 unspecified atom stereocenters. The molecule has 46 heavy (non-hydrogen) atoms. The number of benzene rings is 2. The molecule has 10 heteroatoms. The van der Waals surface area contributed by atoms with Crippen LogP contribution in [-0.4, -0.2) is 64.0 Å². The van der Waals surface area contributed by atoms with E-state index in [4.69, 9.17) is 20.1 Å². The molecule has 0 bridgehead atoms. The lowest BCUT2D eigenvalue weighted by atomic mass is 9.95. The molecule has 2 atom stereocenters. The van der Waals surface area contributed by atoms with Crippen molar-refractivity contribution in [1.82, 2.24) is 30.3 Å². The van der Waals surface area contributed by atoms with Gasteiger partial charge in [-0.1, -0.05) is 61.5 Å². The fourth-order valence-corrected chi connectivity index (χ4v) is 6.24. The van der Waals surface area contributed by atoms with Crippen LogP contribution in [0.3, 0.4) is 0 Å². The summed E-state index contributed by atoms with van der Waals surface area (Å²) in [6.45, 7) is 6.51. The number of nitrogens with one attached hydrogen (secondary N) is 1. The van der Waals surface area contributed by atoms with Gasteiger partial charge in [0.1, 0.15) is 17.6 Å². The number of carbonyl (C=O) groups excluding carboxylic acids is 1. The Labute approximate surface area is 267 Å². The fourth-order valence-electron chi connectivity index (χ4n) is 6.24. The highest BCUT2D eigenvalue weighted by Gasteiger charge is 2.37. The van der Waals surface area contributed by atoms with E-state index in [0.29, 0.717) is 17.5 Å². The Balaban J connectivity index is 1.18. The second-order valence-corrected chi connectivity index (χ2v) is 12.0. The van der Waals surface area contributed by atoms with Gasteiger partial charge in [0.05, 0.1) is 24.0 Å². The summed E-state index contributed by atoms with van der Waals surface area (Å²) in [6.07, 6.45) is 2.68. The van der Waals surface area contributed by atoms with E-state index < -0.39 is 0 Å². The lowest BCUT2D eigenvalue weighted by Crippen LogP contribution is -2.46. The van der Waals surface area contributed by atoms with Crippen LogP contribution < -0.4 is 10.4 Å². The molecule has 0 spiro atoms. The molecule has 10 nitrogen and oxygen atoms in total. The van der Waals surface area contributed by atoms with Crippen LogP contribution >= 0.6 is 0 Å². The topological polar surface area (TPSA) is 120 Å². The van der Waals surface area contributed by atoms with Gasteiger partial charge in [0.25, 0.3) is 5.91 Å². The number of piperazine rings is 1. The number of hydrogen-bond acceptors (Lipinski definition) is 9. The molecule has 1 N–H and O–H groups in total. The van der Waals surface area contributed by atoms with E-state index in [2.05, 4.69) is 74.6 Å². The molecule has 1 aliphatic carbocycles. The van der Waals surface area contributed by atoms with Crippen LogP contribution in [0.25, 0.3) is 33.3 Å². The van der Waals surface area contributed by atoms with Crippen LogP contribution in [0.5, 0.6) is 0 Å². The second kappa shape index (κ2) is 12.6. The lowest BCUT2D eigenvalue weighted by Gasteiger charge is -2.35. The molecule has 2 fully saturated rings. The molecule has 7 rings (SSSR count). The first-order valence-electron chi connectivity index (χ1n) is 15.5. The molecule has 2 aromatic carbocycles. The first-order valence-corrected chi connectivity index (χ1v) is 15.5. The summed E-state index contributed by atoms with van der Waals surface area (Å²) >= 11 is 0. The number of fused-ring (bicyclic) bond motifs is 1. The summed E-state index contributed by atoms with van der Waals surface area (Å²) in [5.74, 6) is 1.42. The van der Waals surface area contributed by atoms with Gasteiger partial charge in [-0.05, 0) is 41.7 Å². The zero-order chi connectivity index (χ0) is 31.6. The van der Waals surface area contributed by atoms with Gasteiger partial charge in [0.2, 0.25) is 5.82 Å². The minimum Gasteiger partial charge on any atom is -0.354 e. The SMILES string of the molecule is CONC(=O)c1cc2nc(-c3ccc(CN4CCN(c5ccnc(C#N)n5)CC4)cc3)c(-c3ccccc3)cc2c([C@H]2CC2C)n1. The molecule has 4 heterocycles. The predicted molar refractivity (Wildman–Crippen MR) is 176 cm³/mol. The van der Waals surface area contributed by atoms with Crippen molar-refractivity contribution in [1.29, 1.82) is 5.26 Å². The molecule has 5 aromatic rings. The van der Waals surface area contributed by atoms with Crippen LogP contribution in [0, 0.1) is 17.2 Å². The Kier molecular flexibility index (Phi) is 8.09. The minimum absolute atomic E-state index is 0.197. The zero-order valence-electron chi connectivity index (χ0n) is 25.8. The number of anilines is 1. The molecule has 1 amide bonds. The van der Waals surface area contributed by atoms with Crippen molar-refractivity contribution in [2.24, 2.45) is 5.92 Å². The third kappa shape index (κ3) is 6.03. The highest BCUT2D eigenvalue weighted by atomic mass is 16.6. The molecule has 3 aromatic heterocycles. The maximum Gasteiger partial charge on any atom is 0.293 e. The standard InChI is InChI=1S/C36H34N8O2/c1-23-18-27(23)35-29-19-28(25-6-4-3-5-7-25)34(39-30(29)20-31(40-35)36(45)42-46-2)26-10-8-24(9-11-26)22-43-14-16-44(17-15-43)33-12-13-38-32(21-37)41-33/h3-13,19-20,23,27H,14-18,22H2,1-2H3,(H,42,45)/t23?,27-/m0/s1. The van der Waals surface area contributed by atoms with Gasteiger partial charge >= 0.3 is 0 Å². The van der Waals surface area contributed by atoms with Crippen molar-refractivity contribution in [2.45, 2.75) is 25.8 Å².